The Hall–Kier alpha value is -3.45. The molecule has 2 aliphatic heterocycles. The molecule has 1 aromatic heterocycles. The van der Waals surface area contributed by atoms with Gasteiger partial charge in [-0.15, -0.1) is 0 Å². The van der Waals surface area contributed by atoms with Crippen molar-refractivity contribution < 1.29 is 4.79 Å². The number of aromatic nitrogens is 2. The van der Waals surface area contributed by atoms with Crippen LogP contribution in [0.25, 0.3) is 0 Å². The number of carbonyl (C=O) groups is 1. The van der Waals surface area contributed by atoms with Crippen molar-refractivity contribution in [1.82, 2.24) is 20.0 Å². The Bertz CT molecular complexity index is 1210. The number of amides is 1. The highest BCUT2D eigenvalue weighted by Crippen LogP contribution is 2.22. The van der Waals surface area contributed by atoms with E-state index >= 15 is 0 Å². The van der Waals surface area contributed by atoms with Crippen molar-refractivity contribution in [2.45, 2.75) is 32.4 Å². The van der Waals surface area contributed by atoms with Gasteiger partial charge >= 0.3 is 0 Å². The van der Waals surface area contributed by atoms with Gasteiger partial charge in [-0.25, -0.2) is 4.68 Å². The molecule has 0 spiro atoms. The van der Waals surface area contributed by atoms with Crippen LogP contribution in [0.15, 0.2) is 71.7 Å². The average Bonchev–Trinajstić information content (AvgIpc) is 2.90. The molecular formula is C28H33N5O2. The maximum absolute atomic E-state index is 12.9. The molecule has 0 aliphatic carbocycles. The summed E-state index contributed by atoms with van der Waals surface area (Å²) < 4.78 is 1.48. The van der Waals surface area contributed by atoms with Gasteiger partial charge in [0.2, 0.25) is 5.91 Å². The second kappa shape index (κ2) is 10.9. The molecule has 2 aromatic carbocycles. The predicted octanol–water partition coefficient (Wildman–Crippen LogP) is 2.68. The minimum atomic E-state index is -0.124. The molecule has 2 aliphatic rings. The van der Waals surface area contributed by atoms with Gasteiger partial charge < -0.3 is 10.2 Å². The lowest BCUT2D eigenvalue weighted by Gasteiger charge is -2.33. The Labute approximate surface area is 206 Å². The van der Waals surface area contributed by atoms with Crippen LogP contribution in [0.2, 0.25) is 0 Å². The summed E-state index contributed by atoms with van der Waals surface area (Å²) in [6.07, 6.45) is 4.62. The molecule has 3 aromatic rings. The zero-order chi connectivity index (χ0) is 24.0. The van der Waals surface area contributed by atoms with Crippen LogP contribution in [0.5, 0.6) is 0 Å². The molecule has 0 saturated carbocycles. The summed E-state index contributed by atoms with van der Waals surface area (Å²) in [5, 5.41) is 7.55. The first kappa shape index (κ1) is 23.3. The number of anilines is 1. The molecule has 1 N–H and O–H groups in total. The van der Waals surface area contributed by atoms with E-state index in [1.165, 1.54) is 15.8 Å². The summed E-state index contributed by atoms with van der Waals surface area (Å²) in [4.78, 5) is 30.1. The lowest BCUT2D eigenvalue weighted by atomic mass is 9.96. The summed E-state index contributed by atoms with van der Waals surface area (Å²) in [7, 11) is 0. The van der Waals surface area contributed by atoms with Crippen molar-refractivity contribution in [3.8, 4) is 0 Å². The topological polar surface area (TPSA) is 70.5 Å². The standard InChI is InChI=1S/C28H33N5O2/c34-27-17-26(18-30-33(27)19-22-7-2-1-3-8-22)32-14-6-11-25(21-32)28(35)29-13-16-31-15-12-23-9-4-5-10-24(23)20-31/h1-5,7-10,17-18,25H,6,11-16,19-21H2,(H,29,35)/t25-/m1/s1. The van der Waals surface area contributed by atoms with Crippen LogP contribution >= 0.6 is 0 Å². The molecule has 182 valence electrons. The first-order valence-electron chi connectivity index (χ1n) is 12.6. The van der Waals surface area contributed by atoms with E-state index in [-0.39, 0.29) is 17.4 Å². The van der Waals surface area contributed by atoms with Gasteiger partial charge in [-0.1, -0.05) is 54.6 Å². The van der Waals surface area contributed by atoms with E-state index < -0.39 is 0 Å². The molecule has 7 nitrogen and oxygen atoms in total. The fourth-order valence-corrected chi connectivity index (χ4v) is 5.12. The molecule has 1 amide bonds. The van der Waals surface area contributed by atoms with Crippen LogP contribution < -0.4 is 15.8 Å². The summed E-state index contributed by atoms with van der Waals surface area (Å²) in [6, 6.07) is 20.1. The van der Waals surface area contributed by atoms with Crippen molar-refractivity contribution in [2.75, 3.05) is 37.6 Å². The number of piperidine rings is 1. The van der Waals surface area contributed by atoms with E-state index in [9.17, 15) is 9.59 Å². The van der Waals surface area contributed by atoms with Crippen LogP contribution in [0.1, 0.15) is 29.5 Å². The Balaban J connectivity index is 1.12. The number of hydrogen-bond donors (Lipinski definition) is 1. The molecular weight excluding hydrogens is 438 g/mol. The molecule has 0 bridgehead atoms. The van der Waals surface area contributed by atoms with Crippen LogP contribution in [0, 0.1) is 5.92 Å². The number of carbonyl (C=O) groups excluding carboxylic acids is 1. The minimum Gasteiger partial charge on any atom is -0.369 e. The molecule has 7 heteroatoms. The van der Waals surface area contributed by atoms with Gasteiger partial charge in [0.25, 0.3) is 5.56 Å². The number of nitrogens with one attached hydrogen (secondary N) is 1. The van der Waals surface area contributed by atoms with E-state index in [1.807, 2.05) is 30.3 Å². The lowest BCUT2D eigenvalue weighted by Crippen LogP contribution is -2.45. The summed E-state index contributed by atoms with van der Waals surface area (Å²) in [6.45, 7) is 5.41. The maximum Gasteiger partial charge on any atom is 0.269 e. The van der Waals surface area contributed by atoms with Crippen molar-refractivity contribution in [2.24, 2.45) is 5.92 Å². The number of nitrogens with zero attached hydrogens (tertiary/aromatic N) is 4. The molecule has 5 rings (SSSR count). The van der Waals surface area contributed by atoms with E-state index in [4.69, 9.17) is 0 Å². The highest BCUT2D eigenvalue weighted by Gasteiger charge is 2.26. The fourth-order valence-electron chi connectivity index (χ4n) is 5.12. The SMILES string of the molecule is O=C(NCCN1CCc2ccccc2C1)[C@@H]1CCCN(c2cnn(Cc3ccccc3)c(=O)c2)C1. The third-order valence-electron chi connectivity index (χ3n) is 7.12. The largest absolute Gasteiger partial charge is 0.369 e. The van der Waals surface area contributed by atoms with Crippen molar-refractivity contribution in [3.05, 3.63) is 93.9 Å². The highest BCUT2D eigenvalue weighted by atomic mass is 16.2. The normalized spacial score (nSPS) is 18.2. The molecule has 1 saturated heterocycles. The van der Waals surface area contributed by atoms with Crippen molar-refractivity contribution >= 4 is 11.6 Å². The molecule has 1 atom stereocenters. The highest BCUT2D eigenvalue weighted by molar-refractivity contribution is 5.79. The van der Waals surface area contributed by atoms with Crippen molar-refractivity contribution in [3.63, 3.8) is 0 Å². The Morgan fingerprint density at radius 2 is 1.83 bits per heavy atom. The van der Waals surface area contributed by atoms with Crippen LogP contribution in [0.4, 0.5) is 5.69 Å². The first-order valence-corrected chi connectivity index (χ1v) is 12.6. The fraction of sp³-hybridized carbons (Fsp3) is 0.393. The van der Waals surface area contributed by atoms with Gasteiger partial charge in [-0.05, 0) is 36.0 Å². The zero-order valence-corrected chi connectivity index (χ0v) is 20.1. The van der Waals surface area contributed by atoms with E-state index in [0.29, 0.717) is 19.6 Å². The summed E-state index contributed by atoms with van der Waals surface area (Å²) in [5.41, 5.74) is 4.55. The van der Waals surface area contributed by atoms with Crippen LogP contribution in [0.3, 0.4) is 0 Å². The van der Waals surface area contributed by atoms with Gasteiger partial charge in [-0.2, -0.15) is 5.10 Å². The van der Waals surface area contributed by atoms with E-state index in [2.05, 4.69) is 44.5 Å². The predicted molar refractivity (Wildman–Crippen MR) is 137 cm³/mol. The third-order valence-corrected chi connectivity index (χ3v) is 7.12. The Morgan fingerprint density at radius 1 is 1.03 bits per heavy atom. The summed E-state index contributed by atoms with van der Waals surface area (Å²) in [5.74, 6) is 0.0371. The monoisotopic (exact) mass is 471 g/mol. The van der Waals surface area contributed by atoms with E-state index in [1.54, 1.807) is 12.3 Å². The van der Waals surface area contributed by atoms with E-state index in [0.717, 1.165) is 56.7 Å². The summed E-state index contributed by atoms with van der Waals surface area (Å²) >= 11 is 0. The number of fused-ring (bicyclic) bond motifs is 1. The van der Waals surface area contributed by atoms with Gasteiger partial charge in [-0.3, -0.25) is 14.5 Å². The van der Waals surface area contributed by atoms with Gasteiger partial charge in [0.15, 0.2) is 0 Å². The molecule has 0 unspecified atom stereocenters. The zero-order valence-electron chi connectivity index (χ0n) is 20.1. The first-order chi connectivity index (χ1) is 17.2. The number of benzene rings is 2. The smallest absolute Gasteiger partial charge is 0.269 e. The third kappa shape index (κ3) is 5.80. The van der Waals surface area contributed by atoms with Crippen LogP contribution in [-0.2, 0) is 24.3 Å². The maximum atomic E-state index is 12.9. The number of rotatable bonds is 7. The second-order valence-corrected chi connectivity index (χ2v) is 9.57. The van der Waals surface area contributed by atoms with Gasteiger partial charge in [0.1, 0.15) is 0 Å². The molecule has 3 heterocycles. The Kier molecular flexibility index (Phi) is 7.23. The molecule has 1 fully saturated rings. The van der Waals surface area contributed by atoms with Gasteiger partial charge in [0, 0.05) is 45.3 Å². The van der Waals surface area contributed by atoms with Crippen molar-refractivity contribution in [1.29, 1.82) is 0 Å². The average molecular weight is 472 g/mol. The molecule has 0 radical (unpaired) electrons. The lowest BCUT2D eigenvalue weighted by molar-refractivity contribution is -0.125. The number of hydrogen-bond acceptors (Lipinski definition) is 5. The quantitative estimate of drug-likeness (QED) is 0.574. The minimum absolute atomic E-state index is 0.0717. The van der Waals surface area contributed by atoms with Gasteiger partial charge in [0.05, 0.1) is 24.3 Å². The molecule has 35 heavy (non-hydrogen) atoms. The Morgan fingerprint density at radius 3 is 2.66 bits per heavy atom. The second-order valence-electron chi connectivity index (χ2n) is 9.57. The van der Waals surface area contributed by atoms with Crippen LogP contribution in [-0.4, -0.2) is 53.3 Å².